The molecule has 1 aliphatic heterocycles. The summed E-state index contributed by atoms with van der Waals surface area (Å²) in [5, 5.41) is 4.44. The maximum Gasteiger partial charge on any atom is 0.292 e. The molecule has 0 amide bonds. The summed E-state index contributed by atoms with van der Waals surface area (Å²) in [6.45, 7) is 4.04. The van der Waals surface area contributed by atoms with E-state index in [1.165, 1.54) is 4.68 Å². The first kappa shape index (κ1) is 14.1. The molecule has 2 aromatic rings. The molecule has 1 aromatic carbocycles. The van der Waals surface area contributed by atoms with Crippen LogP contribution in [0.15, 0.2) is 41.3 Å². The average Bonchev–Trinajstić information content (AvgIpc) is 2.51. The highest BCUT2D eigenvalue weighted by atomic mass is 35.5. The number of aromatic nitrogens is 2. The number of morpholine rings is 1. The van der Waals surface area contributed by atoms with Crippen LogP contribution in [0.25, 0.3) is 5.69 Å². The first-order chi connectivity index (χ1) is 10.2. The predicted molar refractivity (Wildman–Crippen MR) is 82.5 cm³/mol. The molecule has 3 rings (SSSR count). The highest BCUT2D eigenvalue weighted by Crippen LogP contribution is 2.23. The van der Waals surface area contributed by atoms with Gasteiger partial charge in [-0.2, -0.15) is 9.78 Å². The number of ether oxygens (including phenoxy) is 1. The zero-order valence-electron chi connectivity index (χ0n) is 11.7. The SMILES string of the molecule is CC1CN(c2cnn(-c3ccccc3)c(=O)c2Cl)CCO1. The van der Waals surface area contributed by atoms with E-state index in [2.05, 4.69) is 5.10 Å². The topological polar surface area (TPSA) is 47.4 Å². The molecule has 1 fully saturated rings. The van der Waals surface area contributed by atoms with Gasteiger partial charge >= 0.3 is 0 Å². The van der Waals surface area contributed by atoms with Gasteiger partial charge in [-0.25, -0.2) is 0 Å². The molecule has 0 bridgehead atoms. The van der Waals surface area contributed by atoms with Crippen LogP contribution in [0.1, 0.15) is 6.92 Å². The third kappa shape index (κ3) is 2.80. The van der Waals surface area contributed by atoms with Crippen molar-refractivity contribution in [1.29, 1.82) is 0 Å². The molecule has 0 spiro atoms. The lowest BCUT2D eigenvalue weighted by molar-refractivity contribution is 0.0532. The molecule has 1 aliphatic rings. The molecule has 1 unspecified atom stereocenters. The van der Waals surface area contributed by atoms with E-state index in [4.69, 9.17) is 16.3 Å². The third-order valence-electron chi connectivity index (χ3n) is 3.48. The first-order valence-corrected chi connectivity index (χ1v) is 7.24. The molecule has 0 saturated carbocycles. The molecular formula is C15H16ClN3O2. The maximum atomic E-state index is 12.4. The minimum absolute atomic E-state index is 0.117. The molecule has 1 saturated heterocycles. The van der Waals surface area contributed by atoms with Crippen molar-refractivity contribution in [3.8, 4) is 5.69 Å². The summed E-state index contributed by atoms with van der Waals surface area (Å²) in [5.41, 5.74) is 1.06. The second-order valence-electron chi connectivity index (χ2n) is 5.02. The molecule has 1 aromatic heterocycles. The van der Waals surface area contributed by atoms with E-state index in [0.717, 1.165) is 0 Å². The van der Waals surface area contributed by atoms with Gasteiger partial charge in [0.1, 0.15) is 5.02 Å². The fourth-order valence-corrected chi connectivity index (χ4v) is 2.68. The van der Waals surface area contributed by atoms with Crippen molar-refractivity contribution in [3.05, 3.63) is 51.9 Å². The van der Waals surface area contributed by atoms with Gasteiger partial charge in [-0.1, -0.05) is 29.8 Å². The molecule has 6 heteroatoms. The quantitative estimate of drug-likeness (QED) is 0.852. The van der Waals surface area contributed by atoms with Crippen LogP contribution >= 0.6 is 11.6 Å². The van der Waals surface area contributed by atoms with E-state index in [-0.39, 0.29) is 16.7 Å². The fraction of sp³-hybridized carbons (Fsp3) is 0.333. The van der Waals surface area contributed by atoms with Crippen molar-refractivity contribution in [1.82, 2.24) is 9.78 Å². The highest BCUT2D eigenvalue weighted by Gasteiger charge is 2.21. The molecule has 0 radical (unpaired) electrons. The molecule has 5 nitrogen and oxygen atoms in total. The highest BCUT2D eigenvalue weighted by molar-refractivity contribution is 6.33. The summed E-state index contributed by atoms with van der Waals surface area (Å²) in [5.74, 6) is 0. The van der Waals surface area contributed by atoms with E-state index in [1.807, 2.05) is 42.2 Å². The van der Waals surface area contributed by atoms with Gasteiger partial charge in [0.25, 0.3) is 5.56 Å². The Kier molecular flexibility index (Phi) is 3.94. The smallest absolute Gasteiger partial charge is 0.292 e. The Hall–Kier alpha value is -1.85. The van der Waals surface area contributed by atoms with Crippen molar-refractivity contribution < 1.29 is 4.74 Å². The summed E-state index contributed by atoms with van der Waals surface area (Å²) < 4.78 is 6.82. The van der Waals surface area contributed by atoms with Gasteiger partial charge in [-0.05, 0) is 19.1 Å². The largest absolute Gasteiger partial charge is 0.375 e. The monoisotopic (exact) mass is 305 g/mol. The van der Waals surface area contributed by atoms with Crippen LogP contribution in [0, 0.1) is 0 Å². The van der Waals surface area contributed by atoms with Crippen LogP contribution in [-0.4, -0.2) is 35.6 Å². The van der Waals surface area contributed by atoms with E-state index < -0.39 is 0 Å². The number of hydrogen-bond donors (Lipinski definition) is 0. The average molecular weight is 306 g/mol. The van der Waals surface area contributed by atoms with E-state index >= 15 is 0 Å². The van der Waals surface area contributed by atoms with Crippen LogP contribution in [0.5, 0.6) is 0 Å². The summed E-state index contributed by atoms with van der Waals surface area (Å²) in [4.78, 5) is 14.5. The van der Waals surface area contributed by atoms with Crippen molar-refractivity contribution in [3.63, 3.8) is 0 Å². The normalized spacial score (nSPS) is 18.8. The lowest BCUT2D eigenvalue weighted by Gasteiger charge is -2.33. The lowest BCUT2D eigenvalue weighted by atomic mass is 10.2. The van der Waals surface area contributed by atoms with Gasteiger partial charge in [0.15, 0.2) is 0 Å². The fourth-order valence-electron chi connectivity index (χ4n) is 2.43. The summed E-state index contributed by atoms with van der Waals surface area (Å²) in [6, 6.07) is 9.24. The van der Waals surface area contributed by atoms with Crippen LogP contribution in [0.4, 0.5) is 5.69 Å². The van der Waals surface area contributed by atoms with Crippen molar-refractivity contribution in [2.24, 2.45) is 0 Å². The zero-order valence-corrected chi connectivity index (χ0v) is 12.5. The summed E-state index contributed by atoms with van der Waals surface area (Å²) in [7, 11) is 0. The first-order valence-electron chi connectivity index (χ1n) is 6.86. The van der Waals surface area contributed by atoms with Gasteiger partial charge in [-0.15, -0.1) is 0 Å². The number of halogens is 1. The van der Waals surface area contributed by atoms with Gasteiger partial charge in [0.2, 0.25) is 0 Å². The molecule has 21 heavy (non-hydrogen) atoms. The molecule has 0 N–H and O–H groups in total. The van der Waals surface area contributed by atoms with Gasteiger partial charge < -0.3 is 9.64 Å². The van der Waals surface area contributed by atoms with Crippen molar-refractivity contribution >= 4 is 17.3 Å². The Morgan fingerprint density at radius 2 is 2.10 bits per heavy atom. The Labute approximate surface area is 127 Å². The van der Waals surface area contributed by atoms with Gasteiger partial charge in [0, 0.05) is 13.1 Å². The Morgan fingerprint density at radius 3 is 2.81 bits per heavy atom. The second-order valence-corrected chi connectivity index (χ2v) is 5.40. The number of rotatable bonds is 2. The molecule has 2 heterocycles. The van der Waals surface area contributed by atoms with Crippen molar-refractivity contribution in [2.75, 3.05) is 24.6 Å². The van der Waals surface area contributed by atoms with E-state index in [0.29, 0.717) is 31.1 Å². The Morgan fingerprint density at radius 1 is 1.33 bits per heavy atom. The molecule has 0 aliphatic carbocycles. The summed E-state index contributed by atoms with van der Waals surface area (Å²) in [6.07, 6.45) is 1.76. The number of anilines is 1. The zero-order chi connectivity index (χ0) is 14.8. The third-order valence-corrected chi connectivity index (χ3v) is 3.84. The maximum absolute atomic E-state index is 12.4. The molecular weight excluding hydrogens is 290 g/mol. The van der Waals surface area contributed by atoms with Crippen LogP contribution in [-0.2, 0) is 4.74 Å². The Balaban J connectivity index is 1.99. The van der Waals surface area contributed by atoms with Gasteiger partial charge in [-0.3, -0.25) is 4.79 Å². The van der Waals surface area contributed by atoms with Crippen LogP contribution in [0.2, 0.25) is 5.02 Å². The number of benzene rings is 1. The van der Waals surface area contributed by atoms with Crippen LogP contribution in [0.3, 0.4) is 0 Å². The lowest BCUT2D eigenvalue weighted by Crippen LogP contribution is -2.42. The van der Waals surface area contributed by atoms with Crippen molar-refractivity contribution in [2.45, 2.75) is 13.0 Å². The van der Waals surface area contributed by atoms with E-state index in [1.54, 1.807) is 6.20 Å². The minimum Gasteiger partial charge on any atom is -0.375 e. The number of nitrogens with zero attached hydrogens (tertiary/aromatic N) is 3. The number of hydrogen-bond acceptors (Lipinski definition) is 4. The van der Waals surface area contributed by atoms with Crippen LogP contribution < -0.4 is 10.5 Å². The number of para-hydroxylation sites is 1. The van der Waals surface area contributed by atoms with Gasteiger partial charge in [0.05, 0.1) is 30.3 Å². The standard InChI is InChI=1S/C15H16ClN3O2/c1-11-10-18(7-8-21-11)13-9-17-19(15(20)14(13)16)12-5-3-2-4-6-12/h2-6,9,11H,7-8,10H2,1H3. The second kappa shape index (κ2) is 5.87. The Bertz CT molecular complexity index is 687. The summed E-state index contributed by atoms with van der Waals surface area (Å²) >= 11 is 6.27. The minimum atomic E-state index is -0.306. The van der Waals surface area contributed by atoms with E-state index in [9.17, 15) is 4.79 Å². The predicted octanol–water partition coefficient (Wildman–Crippen LogP) is 2.11. The molecule has 110 valence electrons. The molecule has 1 atom stereocenters.